The quantitative estimate of drug-likeness (QED) is 0.848. The maximum Gasteiger partial charge on any atom is 0.303 e. The number of nitrogens with zero attached hydrogens (tertiary/aromatic N) is 2. The molecule has 2 atom stereocenters. The van der Waals surface area contributed by atoms with Crippen molar-refractivity contribution >= 4 is 12.0 Å². The zero-order chi connectivity index (χ0) is 16.9. The Morgan fingerprint density at radius 1 is 1.48 bits per heavy atom. The Morgan fingerprint density at radius 2 is 2.17 bits per heavy atom. The molecule has 0 spiro atoms. The van der Waals surface area contributed by atoms with Crippen molar-refractivity contribution in [2.75, 3.05) is 13.1 Å². The minimum atomic E-state index is -1.09. The van der Waals surface area contributed by atoms with Crippen LogP contribution in [0.4, 0.5) is 4.39 Å². The SMILES string of the molecule is [C-]#[N+][C@@H]1C[C@H](F)CN1C(=O)CNC(C)(C)C=Cc1ccccc1. The van der Waals surface area contributed by atoms with Crippen LogP contribution in [0.2, 0.25) is 0 Å². The topological polar surface area (TPSA) is 36.7 Å². The van der Waals surface area contributed by atoms with Gasteiger partial charge in [0, 0.05) is 5.54 Å². The lowest BCUT2D eigenvalue weighted by Crippen LogP contribution is -2.46. The fourth-order valence-corrected chi connectivity index (χ4v) is 2.49. The molecule has 1 aliphatic rings. The molecule has 1 aliphatic heterocycles. The lowest BCUT2D eigenvalue weighted by molar-refractivity contribution is -0.130. The Kier molecular flexibility index (Phi) is 5.51. The molecule has 0 aromatic heterocycles. The van der Waals surface area contributed by atoms with E-state index in [1.54, 1.807) is 0 Å². The van der Waals surface area contributed by atoms with Gasteiger partial charge in [0.15, 0.2) is 0 Å². The highest BCUT2D eigenvalue weighted by Crippen LogP contribution is 2.21. The van der Waals surface area contributed by atoms with Gasteiger partial charge in [0.1, 0.15) is 6.17 Å². The van der Waals surface area contributed by atoms with Gasteiger partial charge in [-0.15, -0.1) is 0 Å². The van der Waals surface area contributed by atoms with E-state index in [-0.39, 0.29) is 31.0 Å². The average Bonchev–Trinajstić information content (AvgIpc) is 2.93. The molecule has 0 unspecified atom stereocenters. The van der Waals surface area contributed by atoms with Gasteiger partial charge in [-0.25, -0.2) is 11.0 Å². The molecule has 0 radical (unpaired) electrons. The minimum absolute atomic E-state index is 0.0217. The van der Waals surface area contributed by atoms with Gasteiger partial charge in [0.25, 0.3) is 0 Å². The number of nitrogens with one attached hydrogen (secondary N) is 1. The molecule has 1 aromatic carbocycles. The first-order valence-corrected chi connectivity index (χ1v) is 7.71. The van der Waals surface area contributed by atoms with Crippen LogP contribution in [0.15, 0.2) is 36.4 Å². The molecule has 0 bridgehead atoms. The van der Waals surface area contributed by atoms with Crippen molar-refractivity contribution in [1.82, 2.24) is 10.2 Å². The number of rotatable bonds is 5. The first-order chi connectivity index (χ1) is 10.9. The third kappa shape index (κ3) is 4.90. The number of hydrogen-bond acceptors (Lipinski definition) is 2. The molecular formula is C18H22FN3O. The molecule has 1 fully saturated rings. The van der Waals surface area contributed by atoms with Gasteiger partial charge >= 0.3 is 6.17 Å². The van der Waals surface area contributed by atoms with Crippen LogP contribution in [0.5, 0.6) is 0 Å². The van der Waals surface area contributed by atoms with E-state index in [2.05, 4.69) is 10.2 Å². The summed E-state index contributed by atoms with van der Waals surface area (Å²) in [4.78, 5) is 16.9. The molecule has 2 rings (SSSR count). The van der Waals surface area contributed by atoms with Crippen molar-refractivity contribution in [3.63, 3.8) is 0 Å². The molecule has 0 saturated carbocycles. The second-order valence-corrected chi connectivity index (χ2v) is 6.31. The summed E-state index contributed by atoms with van der Waals surface area (Å²) in [6.45, 7) is 11.1. The van der Waals surface area contributed by atoms with Crippen LogP contribution in [-0.2, 0) is 4.79 Å². The second-order valence-electron chi connectivity index (χ2n) is 6.31. The number of halogens is 1. The molecule has 0 aliphatic carbocycles. The van der Waals surface area contributed by atoms with E-state index in [9.17, 15) is 9.18 Å². The van der Waals surface area contributed by atoms with Crippen LogP contribution in [0, 0.1) is 6.57 Å². The fourth-order valence-electron chi connectivity index (χ4n) is 2.49. The summed E-state index contributed by atoms with van der Waals surface area (Å²) in [6.07, 6.45) is 2.34. The van der Waals surface area contributed by atoms with E-state index in [1.807, 2.05) is 56.3 Å². The summed E-state index contributed by atoms with van der Waals surface area (Å²) in [5.41, 5.74) is 0.704. The molecule has 4 nitrogen and oxygen atoms in total. The molecule has 23 heavy (non-hydrogen) atoms. The number of likely N-dealkylation sites (tertiary alicyclic amines) is 1. The van der Waals surface area contributed by atoms with E-state index in [4.69, 9.17) is 6.57 Å². The van der Waals surface area contributed by atoms with E-state index < -0.39 is 12.3 Å². The maximum atomic E-state index is 13.4. The molecule has 5 heteroatoms. The maximum absolute atomic E-state index is 13.4. The zero-order valence-electron chi connectivity index (χ0n) is 13.5. The summed E-state index contributed by atoms with van der Waals surface area (Å²) in [6, 6.07) is 9.90. The van der Waals surface area contributed by atoms with E-state index in [1.165, 1.54) is 4.90 Å². The van der Waals surface area contributed by atoms with Crippen molar-refractivity contribution < 1.29 is 9.18 Å². The number of hydrogen-bond donors (Lipinski definition) is 1. The molecule has 1 saturated heterocycles. The third-order valence-electron chi connectivity index (χ3n) is 3.88. The Bertz CT molecular complexity index is 606. The highest BCUT2D eigenvalue weighted by molar-refractivity contribution is 5.79. The van der Waals surface area contributed by atoms with Gasteiger partial charge < -0.3 is 0 Å². The molecule has 122 valence electrons. The first kappa shape index (κ1) is 17.2. The number of alkyl halides is 1. The zero-order valence-corrected chi connectivity index (χ0v) is 13.5. The number of carbonyl (C=O) groups excluding carboxylic acids is 1. The predicted octanol–water partition coefficient (Wildman–Crippen LogP) is 2.88. The van der Waals surface area contributed by atoms with Gasteiger partial charge in [-0.2, -0.15) is 0 Å². The molecular weight excluding hydrogens is 293 g/mol. The second kappa shape index (κ2) is 7.38. The molecule has 1 N–H and O–H groups in total. The molecule has 1 aromatic rings. The van der Waals surface area contributed by atoms with Crippen LogP contribution >= 0.6 is 0 Å². The third-order valence-corrected chi connectivity index (χ3v) is 3.88. The van der Waals surface area contributed by atoms with Gasteiger partial charge in [0.05, 0.1) is 19.5 Å². The number of carbonyl (C=O) groups is 1. The summed E-state index contributed by atoms with van der Waals surface area (Å²) in [7, 11) is 0. The van der Waals surface area contributed by atoms with E-state index >= 15 is 0 Å². The van der Waals surface area contributed by atoms with Gasteiger partial charge in [-0.05, 0) is 19.4 Å². The highest BCUT2D eigenvalue weighted by atomic mass is 19.1. The summed E-state index contributed by atoms with van der Waals surface area (Å²) in [5.74, 6) is -0.229. The van der Waals surface area contributed by atoms with Crippen molar-refractivity contribution in [1.29, 1.82) is 0 Å². The lowest BCUT2D eigenvalue weighted by atomic mass is 10.0. The van der Waals surface area contributed by atoms with Gasteiger partial charge in [-0.3, -0.25) is 19.9 Å². The Labute approximate surface area is 136 Å². The van der Waals surface area contributed by atoms with Crippen LogP contribution in [0.3, 0.4) is 0 Å². The molecule has 1 amide bonds. The van der Waals surface area contributed by atoms with Crippen molar-refractivity contribution in [3.05, 3.63) is 53.4 Å². The summed E-state index contributed by atoms with van der Waals surface area (Å²) >= 11 is 0. The highest BCUT2D eigenvalue weighted by Gasteiger charge is 2.39. The average molecular weight is 315 g/mol. The fraction of sp³-hybridized carbons (Fsp3) is 0.444. The Morgan fingerprint density at radius 3 is 2.83 bits per heavy atom. The number of benzene rings is 1. The van der Waals surface area contributed by atoms with Crippen LogP contribution in [-0.4, -0.2) is 41.8 Å². The minimum Gasteiger partial charge on any atom is -0.300 e. The Balaban J connectivity index is 1.90. The predicted molar refractivity (Wildman–Crippen MR) is 89.2 cm³/mol. The van der Waals surface area contributed by atoms with Crippen molar-refractivity contribution in [3.8, 4) is 0 Å². The van der Waals surface area contributed by atoms with E-state index in [0.29, 0.717) is 0 Å². The summed E-state index contributed by atoms with van der Waals surface area (Å²) < 4.78 is 13.4. The van der Waals surface area contributed by atoms with Crippen LogP contribution in [0.1, 0.15) is 25.8 Å². The van der Waals surface area contributed by atoms with Crippen molar-refractivity contribution in [2.24, 2.45) is 0 Å². The number of amides is 1. The summed E-state index contributed by atoms with van der Waals surface area (Å²) in [5, 5.41) is 3.16. The smallest absolute Gasteiger partial charge is 0.300 e. The van der Waals surface area contributed by atoms with Gasteiger partial charge in [0.2, 0.25) is 5.91 Å². The van der Waals surface area contributed by atoms with Crippen LogP contribution < -0.4 is 5.32 Å². The van der Waals surface area contributed by atoms with Crippen molar-refractivity contribution in [2.45, 2.75) is 38.1 Å². The van der Waals surface area contributed by atoms with Crippen LogP contribution in [0.25, 0.3) is 10.9 Å². The largest absolute Gasteiger partial charge is 0.303 e. The monoisotopic (exact) mass is 315 g/mol. The van der Waals surface area contributed by atoms with Gasteiger partial charge in [-0.1, -0.05) is 42.5 Å². The Hall–Kier alpha value is -2.19. The first-order valence-electron chi connectivity index (χ1n) is 7.71. The lowest BCUT2D eigenvalue weighted by Gasteiger charge is -2.24. The normalized spacial score (nSPS) is 21.6. The standard InChI is InChI=1S/C18H22FN3O/c1-18(2,10-9-14-7-5-4-6-8-14)21-12-17(23)22-13-15(19)11-16(22)20-3/h4-10,15-16,21H,11-13H2,1-2H3/t15-,16-/m0/s1. The molecule has 1 heterocycles. The van der Waals surface area contributed by atoms with E-state index in [0.717, 1.165) is 5.56 Å².